The fourth-order valence-corrected chi connectivity index (χ4v) is 3.98. The molecule has 2 aliphatic rings. The molecule has 0 radical (unpaired) electrons. The van der Waals surface area contributed by atoms with E-state index in [0.717, 1.165) is 30.8 Å². The predicted octanol–water partition coefficient (Wildman–Crippen LogP) is 2.63. The van der Waals surface area contributed by atoms with Gasteiger partial charge in [0.15, 0.2) is 0 Å². The van der Waals surface area contributed by atoms with E-state index < -0.39 is 11.8 Å². The molecule has 8 nitrogen and oxygen atoms in total. The van der Waals surface area contributed by atoms with Crippen LogP contribution in [0.2, 0.25) is 0 Å². The molecule has 4 amide bonds. The van der Waals surface area contributed by atoms with Gasteiger partial charge in [0, 0.05) is 31.6 Å². The predicted molar refractivity (Wildman–Crippen MR) is 118 cm³/mol. The first-order chi connectivity index (χ1) is 15.5. The Morgan fingerprint density at radius 2 is 1.66 bits per heavy atom. The lowest BCUT2D eigenvalue weighted by Crippen LogP contribution is -2.32. The van der Waals surface area contributed by atoms with Gasteiger partial charge in [-0.2, -0.15) is 0 Å². The van der Waals surface area contributed by atoms with Crippen LogP contribution >= 0.6 is 0 Å². The molecule has 0 aromatic heterocycles. The molecule has 166 valence electrons. The summed E-state index contributed by atoms with van der Waals surface area (Å²) in [6.07, 6.45) is 2.28. The summed E-state index contributed by atoms with van der Waals surface area (Å²) in [7, 11) is 0. The molecule has 0 bridgehead atoms. The fraction of sp³-hybridized carbons (Fsp3) is 0.333. The Labute approximate surface area is 186 Å². The van der Waals surface area contributed by atoms with Crippen LogP contribution in [-0.4, -0.2) is 54.8 Å². The number of carbonyl (C=O) groups excluding carboxylic acids is 4. The number of ether oxygens (including phenoxy) is 1. The smallest absolute Gasteiger partial charge is 0.266 e. The molecule has 2 aromatic rings. The molecule has 32 heavy (non-hydrogen) atoms. The lowest BCUT2D eigenvalue weighted by Gasteiger charge is -2.15. The van der Waals surface area contributed by atoms with Gasteiger partial charge in [-0.05, 0) is 62.2 Å². The minimum atomic E-state index is -0.479. The fourth-order valence-electron chi connectivity index (χ4n) is 3.98. The molecule has 1 N–H and O–H groups in total. The van der Waals surface area contributed by atoms with Crippen molar-refractivity contribution < 1.29 is 23.9 Å². The number of anilines is 1. The third-order valence-corrected chi connectivity index (χ3v) is 5.64. The van der Waals surface area contributed by atoms with Gasteiger partial charge in [-0.1, -0.05) is 0 Å². The molecule has 0 atom stereocenters. The van der Waals surface area contributed by atoms with Crippen LogP contribution < -0.4 is 15.0 Å². The highest BCUT2D eigenvalue weighted by atomic mass is 16.5. The minimum Gasteiger partial charge on any atom is -0.494 e. The Kier molecular flexibility index (Phi) is 6.20. The van der Waals surface area contributed by atoms with Gasteiger partial charge < -0.3 is 15.0 Å². The number of benzene rings is 2. The second-order valence-electron chi connectivity index (χ2n) is 7.73. The van der Waals surface area contributed by atoms with Crippen molar-refractivity contribution >= 4 is 29.3 Å². The highest BCUT2D eigenvalue weighted by Gasteiger charge is 2.37. The molecule has 2 heterocycles. The van der Waals surface area contributed by atoms with Crippen LogP contribution in [0.15, 0.2) is 42.5 Å². The van der Waals surface area contributed by atoms with Crippen LogP contribution in [0.1, 0.15) is 57.3 Å². The summed E-state index contributed by atoms with van der Waals surface area (Å²) in [4.78, 5) is 53.3. The van der Waals surface area contributed by atoms with Crippen molar-refractivity contribution in [3.63, 3.8) is 0 Å². The summed E-state index contributed by atoms with van der Waals surface area (Å²) < 4.78 is 5.40. The maximum absolute atomic E-state index is 12.9. The summed E-state index contributed by atoms with van der Waals surface area (Å²) in [5.41, 5.74) is 1.15. The first-order valence-corrected chi connectivity index (χ1v) is 10.8. The number of nitrogens with one attached hydrogen (secondary N) is 1. The van der Waals surface area contributed by atoms with Crippen LogP contribution in [0.25, 0.3) is 0 Å². The van der Waals surface area contributed by atoms with E-state index in [1.54, 1.807) is 29.2 Å². The average molecular weight is 435 g/mol. The molecule has 0 saturated carbocycles. The second-order valence-corrected chi connectivity index (χ2v) is 7.73. The number of rotatable bonds is 7. The molecule has 2 aromatic carbocycles. The Balaban J connectivity index is 1.42. The molecule has 8 heteroatoms. The van der Waals surface area contributed by atoms with E-state index in [1.807, 2.05) is 6.92 Å². The summed E-state index contributed by atoms with van der Waals surface area (Å²) >= 11 is 0. The Hall–Kier alpha value is -3.68. The standard InChI is InChI=1S/C24H25N3O5/c1-2-32-18-8-6-17(7-9-18)27-23(30)19-10-5-16(15-20(19)24(27)31)22(29)25-12-11-21(28)26-13-3-4-14-26/h5-10,15H,2-4,11-14H2,1H3,(H,25,29). The van der Waals surface area contributed by atoms with Gasteiger partial charge in [0.25, 0.3) is 17.7 Å². The van der Waals surface area contributed by atoms with Crippen LogP contribution in [0, 0.1) is 0 Å². The van der Waals surface area contributed by atoms with E-state index >= 15 is 0 Å². The maximum Gasteiger partial charge on any atom is 0.266 e. The van der Waals surface area contributed by atoms with Crippen molar-refractivity contribution in [1.82, 2.24) is 10.2 Å². The van der Waals surface area contributed by atoms with Crippen LogP contribution in [0.3, 0.4) is 0 Å². The molecule has 4 rings (SSSR count). The van der Waals surface area contributed by atoms with Gasteiger partial charge >= 0.3 is 0 Å². The van der Waals surface area contributed by atoms with Gasteiger partial charge in [-0.3, -0.25) is 19.2 Å². The normalized spacial score (nSPS) is 15.2. The zero-order valence-corrected chi connectivity index (χ0v) is 17.9. The third-order valence-electron chi connectivity index (χ3n) is 5.64. The monoisotopic (exact) mass is 435 g/mol. The molecule has 0 spiro atoms. The first kappa shape index (κ1) is 21.5. The summed E-state index contributed by atoms with van der Waals surface area (Å²) in [6.45, 7) is 4.16. The van der Waals surface area contributed by atoms with Gasteiger partial charge in [-0.15, -0.1) is 0 Å². The quantitative estimate of drug-likeness (QED) is 0.675. The lowest BCUT2D eigenvalue weighted by atomic mass is 10.1. The topological polar surface area (TPSA) is 96.0 Å². The van der Waals surface area contributed by atoms with Gasteiger partial charge in [0.05, 0.1) is 23.4 Å². The van der Waals surface area contributed by atoms with E-state index in [9.17, 15) is 19.2 Å². The number of carbonyl (C=O) groups is 4. The zero-order valence-electron chi connectivity index (χ0n) is 17.9. The largest absolute Gasteiger partial charge is 0.494 e. The minimum absolute atomic E-state index is 0.0310. The first-order valence-electron chi connectivity index (χ1n) is 10.8. The van der Waals surface area contributed by atoms with Crippen molar-refractivity contribution in [2.24, 2.45) is 0 Å². The highest BCUT2D eigenvalue weighted by Crippen LogP contribution is 2.30. The maximum atomic E-state index is 12.9. The molecule has 1 saturated heterocycles. The molecule has 0 aliphatic carbocycles. The SMILES string of the molecule is CCOc1ccc(N2C(=O)c3ccc(C(=O)NCCC(=O)N4CCCC4)cc3C2=O)cc1. The number of hydrogen-bond donors (Lipinski definition) is 1. The van der Waals surface area contributed by atoms with Crippen LogP contribution in [0.5, 0.6) is 5.75 Å². The average Bonchev–Trinajstić information content (AvgIpc) is 3.42. The van der Waals surface area contributed by atoms with Crippen LogP contribution in [0.4, 0.5) is 5.69 Å². The van der Waals surface area contributed by atoms with Crippen molar-refractivity contribution in [3.8, 4) is 5.75 Å². The Bertz CT molecular complexity index is 1060. The van der Waals surface area contributed by atoms with Gasteiger partial charge in [-0.25, -0.2) is 4.90 Å². The third kappa shape index (κ3) is 4.21. The Morgan fingerprint density at radius 3 is 2.34 bits per heavy atom. The molecular formula is C24H25N3O5. The molecule has 0 unspecified atom stereocenters. The van der Waals surface area contributed by atoms with Crippen molar-refractivity contribution in [2.75, 3.05) is 31.1 Å². The van der Waals surface area contributed by atoms with Crippen molar-refractivity contribution in [3.05, 3.63) is 59.2 Å². The summed E-state index contributed by atoms with van der Waals surface area (Å²) in [5.74, 6) is -0.620. The Morgan fingerprint density at radius 1 is 0.969 bits per heavy atom. The van der Waals surface area contributed by atoms with E-state index in [2.05, 4.69) is 5.32 Å². The number of fused-ring (bicyclic) bond motifs is 1. The van der Waals surface area contributed by atoms with Gasteiger partial charge in [0.2, 0.25) is 5.91 Å². The van der Waals surface area contributed by atoms with E-state index in [1.165, 1.54) is 18.2 Å². The molecule has 1 fully saturated rings. The number of imide groups is 1. The van der Waals surface area contributed by atoms with Crippen molar-refractivity contribution in [1.29, 1.82) is 0 Å². The lowest BCUT2D eigenvalue weighted by molar-refractivity contribution is -0.129. The highest BCUT2D eigenvalue weighted by molar-refractivity contribution is 6.34. The number of likely N-dealkylation sites (tertiary alicyclic amines) is 1. The summed E-state index contributed by atoms with van der Waals surface area (Å²) in [5, 5.41) is 2.72. The number of nitrogens with zero attached hydrogens (tertiary/aromatic N) is 2. The molecular weight excluding hydrogens is 410 g/mol. The van der Waals surface area contributed by atoms with Crippen molar-refractivity contribution in [2.45, 2.75) is 26.2 Å². The zero-order chi connectivity index (χ0) is 22.7. The van der Waals surface area contributed by atoms with Gasteiger partial charge in [0.1, 0.15) is 5.75 Å². The van der Waals surface area contributed by atoms with Crippen LogP contribution in [-0.2, 0) is 4.79 Å². The summed E-state index contributed by atoms with van der Waals surface area (Å²) in [6, 6.07) is 11.1. The number of hydrogen-bond acceptors (Lipinski definition) is 5. The second kappa shape index (κ2) is 9.21. The van der Waals surface area contributed by atoms with E-state index in [4.69, 9.17) is 4.74 Å². The van der Waals surface area contributed by atoms with E-state index in [-0.39, 0.29) is 41.5 Å². The number of amides is 4. The van der Waals surface area contributed by atoms with E-state index in [0.29, 0.717) is 18.0 Å². The molecule has 2 aliphatic heterocycles.